The number of aromatic nitrogens is 1. The second-order valence-electron chi connectivity index (χ2n) is 4.87. The minimum absolute atomic E-state index is 0.0308. The average molecular weight is 305 g/mol. The highest BCUT2D eigenvalue weighted by molar-refractivity contribution is 7.99. The zero-order valence-corrected chi connectivity index (χ0v) is 12.4. The molecule has 1 atom stereocenters. The first-order valence-corrected chi connectivity index (χ1v) is 7.76. The number of amides is 2. The minimum Gasteiger partial charge on any atom is -0.352 e. The third kappa shape index (κ3) is 2.76. The zero-order valence-electron chi connectivity index (χ0n) is 11.6. The maximum Gasteiger partial charge on any atom is 0.323 e. The zero-order chi connectivity index (χ0) is 14.8. The van der Waals surface area contributed by atoms with Gasteiger partial charge in [-0.15, -0.1) is 11.8 Å². The van der Waals surface area contributed by atoms with E-state index in [2.05, 4.69) is 5.32 Å². The second-order valence-corrected chi connectivity index (χ2v) is 6.06. The fourth-order valence-electron chi connectivity index (χ4n) is 2.40. The normalized spacial score (nSPS) is 18.0. The molecule has 1 saturated heterocycles. The van der Waals surface area contributed by atoms with Crippen molar-refractivity contribution in [1.29, 1.82) is 0 Å². The van der Waals surface area contributed by atoms with E-state index in [1.807, 2.05) is 29.9 Å². The predicted octanol–water partition coefficient (Wildman–Crippen LogP) is 3.44. The molecule has 0 bridgehead atoms. The molecular formula is C15H16FN3OS. The van der Waals surface area contributed by atoms with Crippen molar-refractivity contribution < 1.29 is 9.18 Å². The molecule has 1 fully saturated rings. The maximum absolute atomic E-state index is 13.6. The predicted molar refractivity (Wildman–Crippen MR) is 82.7 cm³/mol. The summed E-state index contributed by atoms with van der Waals surface area (Å²) < 4.78 is 15.6. The van der Waals surface area contributed by atoms with E-state index in [9.17, 15) is 9.18 Å². The summed E-state index contributed by atoms with van der Waals surface area (Å²) >= 11 is 1.72. The van der Waals surface area contributed by atoms with Crippen molar-refractivity contribution in [1.82, 2.24) is 9.47 Å². The molecule has 1 aromatic heterocycles. The number of urea groups is 1. The van der Waals surface area contributed by atoms with Gasteiger partial charge in [0.25, 0.3) is 0 Å². The van der Waals surface area contributed by atoms with Gasteiger partial charge >= 0.3 is 6.03 Å². The van der Waals surface area contributed by atoms with Crippen molar-refractivity contribution >= 4 is 23.5 Å². The van der Waals surface area contributed by atoms with Crippen LogP contribution in [0.2, 0.25) is 0 Å². The van der Waals surface area contributed by atoms with E-state index in [0.717, 1.165) is 11.4 Å². The number of nitrogens with zero attached hydrogens (tertiary/aromatic N) is 2. The summed E-state index contributed by atoms with van der Waals surface area (Å²) in [5.41, 5.74) is 1.28. The molecule has 2 aromatic rings. The number of hydrogen-bond acceptors (Lipinski definition) is 2. The number of anilines is 1. The first-order chi connectivity index (χ1) is 10.2. The SMILES string of the molecule is Cn1cccc1[C@@H]1SCCN1C(=O)Nc1ccccc1F. The Morgan fingerprint density at radius 2 is 2.14 bits per heavy atom. The van der Waals surface area contributed by atoms with Crippen LogP contribution in [0.1, 0.15) is 11.1 Å². The Balaban J connectivity index is 1.78. The van der Waals surface area contributed by atoms with Crippen molar-refractivity contribution in [2.75, 3.05) is 17.6 Å². The van der Waals surface area contributed by atoms with Crippen LogP contribution in [0.4, 0.5) is 14.9 Å². The van der Waals surface area contributed by atoms with Crippen LogP contribution in [0.5, 0.6) is 0 Å². The minimum atomic E-state index is -0.423. The van der Waals surface area contributed by atoms with Crippen LogP contribution in [-0.2, 0) is 7.05 Å². The molecule has 0 aliphatic carbocycles. The number of carbonyl (C=O) groups is 1. The third-order valence-corrected chi connectivity index (χ3v) is 4.73. The van der Waals surface area contributed by atoms with Crippen molar-refractivity contribution in [3.05, 3.63) is 54.1 Å². The van der Waals surface area contributed by atoms with Gasteiger partial charge in [0.05, 0.1) is 11.4 Å². The molecule has 6 heteroatoms. The fourth-order valence-corrected chi connectivity index (χ4v) is 3.73. The molecular weight excluding hydrogens is 289 g/mol. The summed E-state index contributed by atoms with van der Waals surface area (Å²) in [5, 5.41) is 2.62. The smallest absolute Gasteiger partial charge is 0.323 e. The van der Waals surface area contributed by atoms with Gasteiger partial charge in [0, 0.05) is 25.5 Å². The van der Waals surface area contributed by atoms with Crippen LogP contribution in [-0.4, -0.2) is 27.8 Å². The molecule has 1 aliphatic rings. The van der Waals surface area contributed by atoms with Crippen LogP contribution in [0.25, 0.3) is 0 Å². The van der Waals surface area contributed by atoms with Gasteiger partial charge in [0.2, 0.25) is 0 Å². The summed E-state index contributed by atoms with van der Waals surface area (Å²) in [6.07, 6.45) is 1.96. The Morgan fingerprint density at radius 3 is 2.86 bits per heavy atom. The molecule has 1 N–H and O–H groups in total. The van der Waals surface area contributed by atoms with Gasteiger partial charge in [0.15, 0.2) is 0 Å². The Kier molecular flexibility index (Phi) is 3.88. The fraction of sp³-hybridized carbons (Fsp3) is 0.267. The Hall–Kier alpha value is -1.95. The quantitative estimate of drug-likeness (QED) is 0.923. The highest BCUT2D eigenvalue weighted by atomic mass is 32.2. The van der Waals surface area contributed by atoms with Crippen LogP contribution in [0, 0.1) is 5.82 Å². The van der Waals surface area contributed by atoms with E-state index in [0.29, 0.717) is 6.54 Å². The van der Waals surface area contributed by atoms with Crippen LogP contribution >= 0.6 is 11.8 Å². The molecule has 4 nitrogen and oxygen atoms in total. The number of thioether (sulfide) groups is 1. The van der Waals surface area contributed by atoms with Crippen molar-refractivity contribution in [2.45, 2.75) is 5.37 Å². The van der Waals surface area contributed by atoms with Crippen molar-refractivity contribution in [3.63, 3.8) is 0 Å². The number of halogens is 1. The van der Waals surface area contributed by atoms with Gasteiger partial charge < -0.3 is 14.8 Å². The van der Waals surface area contributed by atoms with E-state index >= 15 is 0 Å². The van der Waals surface area contributed by atoms with Crippen LogP contribution < -0.4 is 5.32 Å². The lowest BCUT2D eigenvalue weighted by molar-refractivity contribution is 0.213. The highest BCUT2D eigenvalue weighted by Crippen LogP contribution is 2.38. The molecule has 0 spiro atoms. The Bertz CT molecular complexity index is 658. The largest absolute Gasteiger partial charge is 0.352 e. The first-order valence-electron chi connectivity index (χ1n) is 6.72. The Labute approximate surface area is 126 Å². The average Bonchev–Trinajstić information content (AvgIpc) is 3.09. The van der Waals surface area contributed by atoms with Gasteiger partial charge in [-0.1, -0.05) is 12.1 Å². The van der Waals surface area contributed by atoms with Gasteiger partial charge in [-0.3, -0.25) is 0 Å². The van der Waals surface area contributed by atoms with Crippen LogP contribution in [0.15, 0.2) is 42.6 Å². The van der Waals surface area contributed by atoms with E-state index in [1.54, 1.807) is 34.9 Å². The van der Waals surface area contributed by atoms with E-state index in [-0.39, 0.29) is 17.1 Å². The maximum atomic E-state index is 13.6. The van der Waals surface area contributed by atoms with Gasteiger partial charge in [-0.25, -0.2) is 9.18 Å². The van der Waals surface area contributed by atoms with E-state index in [4.69, 9.17) is 0 Å². The molecule has 0 radical (unpaired) electrons. The topological polar surface area (TPSA) is 37.3 Å². The van der Waals surface area contributed by atoms with Crippen molar-refractivity contribution in [3.8, 4) is 0 Å². The number of rotatable bonds is 2. The lowest BCUT2D eigenvalue weighted by Gasteiger charge is -2.24. The Morgan fingerprint density at radius 1 is 1.33 bits per heavy atom. The van der Waals surface area contributed by atoms with Crippen LogP contribution in [0.3, 0.4) is 0 Å². The van der Waals surface area contributed by atoms with E-state index in [1.165, 1.54) is 6.07 Å². The summed E-state index contributed by atoms with van der Waals surface area (Å²) in [6, 6.07) is 9.90. The molecule has 3 rings (SSSR count). The van der Waals surface area contributed by atoms with Gasteiger partial charge in [-0.05, 0) is 24.3 Å². The summed E-state index contributed by atoms with van der Waals surface area (Å²) in [6.45, 7) is 0.654. The molecule has 0 unspecified atom stereocenters. The molecule has 2 heterocycles. The molecule has 1 aliphatic heterocycles. The number of nitrogens with one attached hydrogen (secondary N) is 1. The molecule has 0 saturated carbocycles. The molecule has 2 amide bonds. The number of benzene rings is 1. The van der Waals surface area contributed by atoms with Crippen molar-refractivity contribution in [2.24, 2.45) is 7.05 Å². The summed E-state index contributed by atoms with van der Waals surface area (Å²) in [5.74, 6) is 0.452. The highest BCUT2D eigenvalue weighted by Gasteiger charge is 2.32. The standard InChI is InChI=1S/C15H16FN3OS/c1-18-8-4-7-13(18)14-19(9-10-21-14)15(20)17-12-6-3-2-5-11(12)16/h2-8,14H,9-10H2,1H3,(H,17,20)/t14-/m0/s1. The third-order valence-electron chi connectivity index (χ3n) is 3.50. The number of para-hydroxylation sites is 1. The summed E-state index contributed by atoms with van der Waals surface area (Å²) in [7, 11) is 1.96. The number of carbonyl (C=O) groups excluding carboxylic acids is 1. The number of aryl methyl sites for hydroxylation is 1. The lowest BCUT2D eigenvalue weighted by Crippen LogP contribution is -2.35. The molecule has 21 heavy (non-hydrogen) atoms. The van der Waals surface area contributed by atoms with Gasteiger partial charge in [0.1, 0.15) is 11.2 Å². The second kappa shape index (κ2) is 5.81. The molecule has 1 aromatic carbocycles. The van der Waals surface area contributed by atoms with E-state index < -0.39 is 5.82 Å². The first kappa shape index (κ1) is 14.0. The summed E-state index contributed by atoms with van der Waals surface area (Å²) in [4.78, 5) is 14.2. The lowest BCUT2D eigenvalue weighted by atomic mass is 10.3. The monoisotopic (exact) mass is 305 g/mol. The molecule has 110 valence electrons. The number of hydrogen-bond donors (Lipinski definition) is 1. The van der Waals surface area contributed by atoms with Gasteiger partial charge in [-0.2, -0.15) is 0 Å².